The van der Waals surface area contributed by atoms with E-state index >= 15 is 0 Å². The van der Waals surface area contributed by atoms with Crippen molar-refractivity contribution in [3.63, 3.8) is 0 Å². The van der Waals surface area contributed by atoms with Gasteiger partial charge in [-0.25, -0.2) is 0 Å². The lowest BCUT2D eigenvalue weighted by Gasteiger charge is -2.31. The van der Waals surface area contributed by atoms with Crippen LogP contribution in [-0.2, 0) is 14.3 Å². The van der Waals surface area contributed by atoms with Crippen LogP contribution >= 0.6 is 0 Å². The molecule has 4 rings (SSSR count). The lowest BCUT2D eigenvalue weighted by Crippen LogP contribution is -2.42. The molecule has 2 heterocycles. The largest absolute Gasteiger partial charge is 0.508 e. The van der Waals surface area contributed by atoms with Gasteiger partial charge in [0.2, 0.25) is 0 Å². The number of aromatic hydroxyl groups is 1. The fourth-order valence-corrected chi connectivity index (χ4v) is 4.09. The maximum Gasteiger partial charge on any atom is 0.295 e. The molecule has 2 aliphatic rings. The van der Waals surface area contributed by atoms with Crippen molar-refractivity contribution in [2.24, 2.45) is 0 Å². The molecule has 7 nitrogen and oxygen atoms in total. The number of rotatable bonds is 5. The third kappa shape index (κ3) is 4.33. The molecule has 7 heteroatoms. The minimum Gasteiger partial charge on any atom is -0.508 e. The highest BCUT2D eigenvalue weighted by atomic mass is 16.5. The number of phenols is 1. The molecule has 1 atom stereocenters. The number of Topliss-reactive ketones (excluding diaryl/α,β-unsaturated/α-hetero) is 1. The van der Waals surface area contributed by atoms with Crippen molar-refractivity contribution in [3.8, 4) is 5.75 Å². The number of likely N-dealkylation sites (tertiary alicyclic amines) is 1. The monoisotopic (exact) mass is 422 g/mol. The summed E-state index contributed by atoms with van der Waals surface area (Å²) in [5, 5.41) is 21.0. The fourth-order valence-electron chi connectivity index (χ4n) is 4.09. The number of aliphatic hydroxyl groups excluding tert-OH is 1. The maximum absolute atomic E-state index is 13.0. The third-order valence-electron chi connectivity index (χ3n) is 5.81. The van der Waals surface area contributed by atoms with Crippen LogP contribution in [0.15, 0.2) is 54.1 Å². The van der Waals surface area contributed by atoms with Crippen LogP contribution in [0.4, 0.5) is 0 Å². The summed E-state index contributed by atoms with van der Waals surface area (Å²) in [6.45, 7) is 5.67. The Balaban J connectivity index is 1.73. The van der Waals surface area contributed by atoms with E-state index in [0.717, 1.165) is 18.7 Å². The summed E-state index contributed by atoms with van der Waals surface area (Å²) >= 11 is 0. The molecule has 0 spiro atoms. The molecule has 0 aromatic heterocycles. The van der Waals surface area contributed by atoms with Crippen molar-refractivity contribution >= 4 is 17.4 Å². The highest BCUT2D eigenvalue weighted by Gasteiger charge is 2.46. The zero-order valence-electron chi connectivity index (χ0n) is 17.5. The van der Waals surface area contributed by atoms with Crippen LogP contribution in [0.5, 0.6) is 5.75 Å². The Bertz CT molecular complexity index is 1010. The van der Waals surface area contributed by atoms with Gasteiger partial charge >= 0.3 is 0 Å². The molecule has 31 heavy (non-hydrogen) atoms. The van der Waals surface area contributed by atoms with Gasteiger partial charge in [-0.2, -0.15) is 0 Å². The summed E-state index contributed by atoms with van der Waals surface area (Å²) < 4.78 is 5.37. The molecule has 0 saturated carbocycles. The number of ether oxygens (including phenoxy) is 1. The zero-order chi connectivity index (χ0) is 22.0. The van der Waals surface area contributed by atoms with Crippen LogP contribution in [0.1, 0.15) is 22.7 Å². The smallest absolute Gasteiger partial charge is 0.295 e. The number of ketones is 1. The lowest BCUT2D eigenvalue weighted by atomic mass is 9.95. The number of aryl methyl sites for hydroxylation is 1. The quantitative estimate of drug-likeness (QED) is 0.437. The Kier molecular flexibility index (Phi) is 6.06. The average molecular weight is 422 g/mol. The van der Waals surface area contributed by atoms with Crippen LogP contribution < -0.4 is 0 Å². The van der Waals surface area contributed by atoms with Crippen LogP contribution in [0.25, 0.3) is 5.76 Å². The molecule has 1 unspecified atom stereocenters. The van der Waals surface area contributed by atoms with E-state index < -0.39 is 17.7 Å². The van der Waals surface area contributed by atoms with Gasteiger partial charge in [0.25, 0.3) is 11.7 Å². The normalized spacial score (nSPS) is 21.6. The second-order valence-corrected chi connectivity index (χ2v) is 7.91. The minimum atomic E-state index is -0.769. The minimum absolute atomic E-state index is 0.0339. The van der Waals surface area contributed by atoms with E-state index in [2.05, 4.69) is 4.90 Å². The number of hydrogen-bond donors (Lipinski definition) is 2. The van der Waals surface area contributed by atoms with E-state index in [-0.39, 0.29) is 17.1 Å². The van der Waals surface area contributed by atoms with Crippen LogP contribution in [0, 0.1) is 6.92 Å². The molecule has 0 bridgehead atoms. The summed E-state index contributed by atoms with van der Waals surface area (Å²) in [6, 6.07) is 12.8. The summed E-state index contributed by atoms with van der Waals surface area (Å²) in [6.07, 6.45) is 0. The number of phenolic OH excluding ortho intramolecular Hbond substituents is 1. The molecule has 2 aromatic carbocycles. The fraction of sp³-hybridized carbons (Fsp3) is 0.333. The van der Waals surface area contributed by atoms with Crippen LogP contribution in [0.2, 0.25) is 0 Å². The molecule has 2 fully saturated rings. The number of carbonyl (C=O) groups excluding carboxylic acids is 2. The van der Waals surface area contributed by atoms with Crippen LogP contribution in [0.3, 0.4) is 0 Å². The maximum atomic E-state index is 13.0. The van der Waals surface area contributed by atoms with Crippen molar-refractivity contribution in [1.29, 1.82) is 0 Å². The Hall–Kier alpha value is -3.16. The lowest BCUT2D eigenvalue weighted by molar-refractivity contribution is -0.140. The summed E-state index contributed by atoms with van der Waals surface area (Å²) in [5.41, 5.74) is 2.12. The van der Waals surface area contributed by atoms with Crippen molar-refractivity contribution in [3.05, 3.63) is 70.8 Å². The Morgan fingerprint density at radius 3 is 2.45 bits per heavy atom. The van der Waals surface area contributed by atoms with Gasteiger partial charge < -0.3 is 19.8 Å². The Labute approximate surface area is 181 Å². The number of carbonyl (C=O) groups is 2. The van der Waals surface area contributed by atoms with Gasteiger partial charge in [-0.05, 0) is 24.6 Å². The first-order valence-electron chi connectivity index (χ1n) is 10.4. The SMILES string of the molecule is Cc1ccc(C(O)=C2C(=O)C(=O)N(CCN3CCOCC3)C2c2cccc(O)c2)cc1. The second-order valence-electron chi connectivity index (χ2n) is 7.91. The summed E-state index contributed by atoms with van der Waals surface area (Å²) in [5.74, 6) is -1.53. The first kappa shape index (κ1) is 21.1. The number of nitrogens with zero attached hydrogens (tertiary/aromatic N) is 2. The predicted molar refractivity (Wildman–Crippen MR) is 116 cm³/mol. The zero-order valence-corrected chi connectivity index (χ0v) is 17.5. The van der Waals surface area contributed by atoms with Gasteiger partial charge in [-0.1, -0.05) is 42.0 Å². The average Bonchev–Trinajstić information content (AvgIpc) is 3.03. The number of amides is 1. The predicted octanol–water partition coefficient (Wildman–Crippen LogP) is 2.45. The molecule has 2 aliphatic heterocycles. The van der Waals surface area contributed by atoms with Gasteiger partial charge in [0.1, 0.15) is 11.5 Å². The number of aliphatic hydroxyl groups is 1. The molecule has 0 aliphatic carbocycles. The topological polar surface area (TPSA) is 90.3 Å². The van der Waals surface area contributed by atoms with Gasteiger partial charge in [0.05, 0.1) is 24.8 Å². The standard InChI is InChI=1S/C24H26N2O5/c1-16-5-7-17(8-6-16)22(28)20-21(18-3-2-4-19(27)15-18)26(24(30)23(20)29)10-9-25-11-13-31-14-12-25/h2-8,15,21,27-28H,9-14H2,1H3. The van der Waals surface area contributed by atoms with Crippen molar-refractivity contribution < 1.29 is 24.5 Å². The highest BCUT2D eigenvalue weighted by Crippen LogP contribution is 2.40. The number of benzene rings is 2. The molecule has 2 aromatic rings. The van der Waals surface area contributed by atoms with Crippen molar-refractivity contribution in [2.45, 2.75) is 13.0 Å². The van der Waals surface area contributed by atoms with E-state index in [9.17, 15) is 19.8 Å². The summed E-state index contributed by atoms with van der Waals surface area (Å²) in [4.78, 5) is 29.7. The van der Waals surface area contributed by atoms with Gasteiger partial charge in [-0.15, -0.1) is 0 Å². The number of morpholine rings is 1. The van der Waals surface area contributed by atoms with E-state index in [1.165, 1.54) is 17.0 Å². The Morgan fingerprint density at radius 2 is 1.77 bits per heavy atom. The molecule has 1 amide bonds. The van der Waals surface area contributed by atoms with E-state index in [4.69, 9.17) is 4.74 Å². The highest BCUT2D eigenvalue weighted by molar-refractivity contribution is 6.46. The first-order valence-corrected chi connectivity index (χ1v) is 10.4. The van der Waals surface area contributed by atoms with Crippen LogP contribution in [-0.4, -0.2) is 71.1 Å². The molecule has 162 valence electrons. The van der Waals surface area contributed by atoms with E-state index in [0.29, 0.717) is 37.4 Å². The van der Waals surface area contributed by atoms with Gasteiger partial charge in [-0.3, -0.25) is 14.5 Å². The Morgan fingerprint density at radius 1 is 1.06 bits per heavy atom. The van der Waals surface area contributed by atoms with E-state index in [1.807, 2.05) is 19.1 Å². The van der Waals surface area contributed by atoms with E-state index in [1.54, 1.807) is 24.3 Å². The first-order chi connectivity index (χ1) is 15.0. The summed E-state index contributed by atoms with van der Waals surface area (Å²) in [7, 11) is 0. The molecule has 2 N–H and O–H groups in total. The second kappa shape index (κ2) is 8.91. The van der Waals surface area contributed by atoms with Crippen molar-refractivity contribution in [1.82, 2.24) is 9.80 Å². The van der Waals surface area contributed by atoms with Gasteiger partial charge in [0, 0.05) is 31.7 Å². The third-order valence-corrected chi connectivity index (χ3v) is 5.81. The molecular weight excluding hydrogens is 396 g/mol. The molecule has 2 saturated heterocycles. The number of hydrogen-bond acceptors (Lipinski definition) is 6. The van der Waals surface area contributed by atoms with Gasteiger partial charge in [0.15, 0.2) is 0 Å². The molecule has 0 radical (unpaired) electrons. The molecular formula is C24H26N2O5. The van der Waals surface area contributed by atoms with Crippen molar-refractivity contribution in [2.75, 3.05) is 39.4 Å².